The minimum atomic E-state index is 0.351. The maximum atomic E-state index is 9.74. The number of nitrogens with zero attached hydrogens (tertiary/aromatic N) is 5. The molecule has 6 heteroatoms. The highest BCUT2D eigenvalue weighted by Gasteiger charge is 2.16. The van der Waals surface area contributed by atoms with Crippen LogP contribution in [0.5, 0.6) is 0 Å². The lowest BCUT2D eigenvalue weighted by Crippen LogP contribution is -1.93. The Bertz CT molecular complexity index is 2590. The number of fused-ring (bicyclic) bond motifs is 4. The molecular formula is C40H21N5S. The maximum absolute atomic E-state index is 9.74. The van der Waals surface area contributed by atoms with Crippen LogP contribution in [0, 0.1) is 34.0 Å². The van der Waals surface area contributed by atoms with E-state index in [1.807, 2.05) is 54.6 Å². The second kappa shape index (κ2) is 10.9. The van der Waals surface area contributed by atoms with E-state index in [0.29, 0.717) is 16.7 Å². The SMILES string of the molecule is N#Cc1ccc(-n2c3ccccc3c3cc(-c4cc(-c5ccc(C#N)c(C#N)c5)cc(-c5nc6ccccc6s5)c4)ccc32)cc1. The van der Waals surface area contributed by atoms with Crippen LogP contribution in [0.1, 0.15) is 16.7 Å². The molecule has 0 aliphatic heterocycles. The number of benzene rings is 6. The van der Waals surface area contributed by atoms with Gasteiger partial charge in [0.05, 0.1) is 44.0 Å². The first-order valence-electron chi connectivity index (χ1n) is 14.6. The van der Waals surface area contributed by atoms with Crippen LogP contribution >= 0.6 is 11.3 Å². The third-order valence-electron chi connectivity index (χ3n) is 8.33. The number of aromatic nitrogens is 2. The van der Waals surface area contributed by atoms with E-state index in [-0.39, 0.29) is 0 Å². The van der Waals surface area contributed by atoms with Crippen molar-refractivity contribution in [2.45, 2.75) is 0 Å². The van der Waals surface area contributed by atoms with E-state index in [4.69, 9.17) is 4.98 Å². The second-order valence-corrected chi connectivity index (χ2v) is 12.0. The topological polar surface area (TPSA) is 89.2 Å². The largest absolute Gasteiger partial charge is 0.309 e. The zero-order chi connectivity index (χ0) is 31.2. The number of nitriles is 3. The van der Waals surface area contributed by atoms with Crippen LogP contribution in [0.3, 0.4) is 0 Å². The van der Waals surface area contributed by atoms with Gasteiger partial charge in [-0.3, -0.25) is 0 Å². The molecule has 0 N–H and O–H groups in total. The van der Waals surface area contributed by atoms with Crippen LogP contribution in [0.2, 0.25) is 0 Å². The van der Waals surface area contributed by atoms with Gasteiger partial charge in [0.1, 0.15) is 17.1 Å². The molecule has 0 saturated carbocycles. The minimum absolute atomic E-state index is 0.351. The molecule has 0 bridgehead atoms. The van der Waals surface area contributed by atoms with Crippen molar-refractivity contribution in [3.05, 3.63) is 144 Å². The fourth-order valence-corrected chi connectivity index (χ4v) is 7.06. The maximum Gasteiger partial charge on any atom is 0.124 e. The molecule has 46 heavy (non-hydrogen) atoms. The van der Waals surface area contributed by atoms with Gasteiger partial charge in [-0.2, -0.15) is 15.8 Å². The molecule has 5 nitrogen and oxygen atoms in total. The highest BCUT2D eigenvalue weighted by atomic mass is 32.1. The molecule has 0 unspecified atom stereocenters. The molecule has 0 aliphatic carbocycles. The second-order valence-electron chi connectivity index (χ2n) is 11.0. The summed E-state index contributed by atoms with van der Waals surface area (Å²) in [6, 6.07) is 49.0. The Labute approximate surface area is 268 Å². The first-order chi connectivity index (χ1) is 22.6. The van der Waals surface area contributed by atoms with E-state index in [9.17, 15) is 15.8 Å². The van der Waals surface area contributed by atoms with Crippen LogP contribution in [-0.4, -0.2) is 9.55 Å². The van der Waals surface area contributed by atoms with Gasteiger partial charge in [0.15, 0.2) is 0 Å². The first kappa shape index (κ1) is 27.1. The van der Waals surface area contributed by atoms with Crippen LogP contribution in [0.15, 0.2) is 127 Å². The average molecular weight is 604 g/mol. The Kier molecular flexibility index (Phi) is 6.40. The number of hydrogen-bond acceptors (Lipinski definition) is 5. The normalized spacial score (nSPS) is 11.0. The molecule has 0 saturated heterocycles. The summed E-state index contributed by atoms with van der Waals surface area (Å²) in [7, 11) is 0. The minimum Gasteiger partial charge on any atom is -0.309 e. The molecule has 0 fully saturated rings. The molecule has 6 aromatic carbocycles. The zero-order valence-electron chi connectivity index (χ0n) is 24.3. The number of thiazole rings is 1. The summed E-state index contributed by atoms with van der Waals surface area (Å²) < 4.78 is 3.35. The quantitative estimate of drug-likeness (QED) is 0.200. The van der Waals surface area contributed by atoms with Gasteiger partial charge in [0.25, 0.3) is 0 Å². The van der Waals surface area contributed by atoms with Gasteiger partial charge in [-0.05, 0) is 107 Å². The molecule has 8 aromatic rings. The van der Waals surface area contributed by atoms with Crippen LogP contribution in [-0.2, 0) is 0 Å². The summed E-state index contributed by atoms with van der Waals surface area (Å²) in [5.74, 6) is 0. The molecule has 2 aromatic heterocycles. The summed E-state index contributed by atoms with van der Waals surface area (Å²) in [6.45, 7) is 0. The Morgan fingerprint density at radius 1 is 0.522 bits per heavy atom. The highest BCUT2D eigenvalue weighted by molar-refractivity contribution is 7.21. The molecule has 0 aliphatic rings. The van der Waals surface area contributed by atoms with Crippen molar-refractivity contribution in [1.82, 2.24) is 9.55 Å². The number of rotatable bonds is 4. The first-order valence-corrected chi connectivity index (χ1v) is 15.4. The van der Waals surface area contributed by atoms with E-state index >= 15 is 0 Å². The summed E-state index contributed by atoms with van der Waals surface area (Å²) >= 11 is 1.65. The number of hydrogen-bond donors (Lipinski definition) is 0. The van der Waals surface area contributed by atoms with E-state index in [1.165, 1.54) is 0 Å². The van der Waals surface area contributed by atoms with Crippen LogP contribution in [0.25, 0.3) is 70.5 Å². The molecule has 2 heterocycles. The van der Waals surface area contributed by atoms with E-state index in [1.54, 1.807) is 23.5 Å². The van der Waals surface area contributed by atoms with Gasteiger partial charge < -0.3 is 4.57 Å². The fourth-order valence-electron chi connectivity index (χ4n) is 6.11. The van der Waals surface area contributed by atoms with Crippen LogP contribution in [0.4, 0.5) is 0 Å². The Morgan fingerprint density at radius 2 is 1.20 bits per heavy atom. The van der Waals surface area contributed by atoms with Gasteiger partial charge in [-0.1, -0.05) is 42.5 Å². The van der Waals surface area contributed by atoms with Crippen molar-refractivity contribution < 1.29 is 0 Å². The summed E-state index contributed by atoms with van der Waals surface area (Å²) in [5, 5.41) is 31.7. The molecule has 0 atom stereocenters. The van der Waals surface area contributed by atoms with E-state index in [2.05, 4.69) is 83.4 Å². The Balaban J connectivity index is 1.34. The van der Waals surface area contributed by atoms with E-state index < -0.39 is 0 Å². The van der Waals surface area contributed by atoms with Gasteiger partial charge in [0.2, 0.25) is 0 Å². The van der Waals surface area contributed by atoms with Gasteiger partial charge in [0, 0.05) is 22.0 Å². The lowest BCUT2D eigenvalue weighted by molar-refractivity contribution is 1.18. The standard InChI is InChI=1S/C40H21N5S/c41-22-25-9-14-33(15-10-25)45-37-7-3-1-5-34(37)35-21-27(13-16-38(35)45)30-18-29(26-11-12-28(23-42)32(17-26)24-43)19-31(20-30)40-44-36-6-2-4-8-39(36)46-40/h1-21H. The smallest absolute Gasteiger partial charge is 0.124 e. The molecule has 8 rings (SSSR count). The summed E-state index contributed by atoms with van der Waals surface area (Å²) in [4.78, 5) is 4.95. The predicted molar refractivity (Wildman–Crippen MR) is 184 cm³/mol. The van der Waals surface area contributed by atoms with Crippen molar-refractivity contribution in [1.29, 1.82) is 15.8 Å². The molecule has 212 valence electrons. The van der Waals surface area contributed by atoms with E-state index in [0.717, 1.165) is 70.5 Å². The van der Waals surface area contributed by atoms with Crippen molar-refractivity contribution in [2.75, 3.05) is 0 Å². The lowest BCUT2D eigenvalue weighted by atomic mass is 9.94. The fraction of sp³-hybridized carbons (Fsp3) is 0. The summed E-state index contributed by atoms with van der Waals surface area (Å²) in [5.41, 5.74) is 10.3. The van der Waals surface area contributed by atoms with Crippen molar-refractivity contribution in [2.24, 2.45) is 0 Å². The lowest BCUT2D eigenvalue weighted by Gasteiger charge is -2.11. The Morgan fingerprint density at radius 3 is 1.96 bits per heavy atom. The highest BCUT2D eigenvalue weighted by Crippen LogP contribution is 2.39. The van der Waals surface area contributed by atoms with Crippen molar-refractivity contribution in [3.8, 4) is 56.7 Å². The Hall–Kier alpha value is -6.52. The molecule has 0 radical (unpaired) electrons. The third-order valence-corrected chi connectivity index (χ3v) is 9.41. The van der Waals surface area contributed by atoms with Crippen molar-refractivity contribution in [3.63, 3.8) is 0 Å². The zero-order valence-corrected chi connectivity index (χ0v) is 25.1. The summed E-state index contributed by atoms with van der Waals surface area (Å²) in [6.07, 6.45) is 0. The molecular weight excluding hydrogens is 583 g/mol. The van der Waals surface area contributed by atoms with Crippen LogP contribution < -0.4 is 0 Å². The monoisotopic (exact) mass is 603 g/mol. The molecule has 0 amide bonds. The van der Waals surface area contributed by atoms with Crippen molar-refractivity contribution >= 4 is 43.4 Å². The number of para-hydroxylation sites is 2. The van der Waals surface area contributed by atoms with Gasteiger partial charge in [-0.15, -0.1) is 11.3 Å². The molecule has 0 spiro atoms. The van der Waals surface area contributed by atoms with Gasteiger partial charge in [-0.25, -0.2) is 4.98 Å². The predicted octanol–water partition coefficient (Wildman–Crippen LogP) is 10.0. The van der Waals surface area contributed by atoms with Gasteiger partial charge >= 0.3 is 0 Å². The average Bonchev–Trinajstić information content (AvgIpc) is 3.70. The third kappa shape index (κ3) is 4.48.